The molecule has 0 aliphatic heterocycles. The van der Waals surface area contributed by atoms with Gasteiger partial charge in [0.1, 0.15) is 11.8 Å². The molecule has 1 rings (SSSR count). The van der Waals surface area contributed by atoms with Crippen molar-refractivity contribution in [2.24, 2.45) is 0 Å². The van der Waals surface area contributed by atoms with Crippen molar-refractivity contribution in [3.05, 3.63) is 39.4 Å². The number of nitro groups is 1. The molecule has 0 fully saturated rings. The average molecular weight is 223 g/mol. The quantitative estimate of drug-likeness (QED) is 0.330. The Balaban J connectivity index is 3.37. The largest absolute Gasteiger partial charge is 0.465 e. The Morgan fingerprint density at radius 2 is 2.25 bits per heavy atom. The molecule has 0 aromatic heterocycles. The van der Waals surface area contributed by atoms with Gasteiger partial charge in [0.15, 0.2) is 0 Å². The van der Waals surface area contributed by atoms with Crippen LogP contribution >= 0.6 is 0 Å². The molecule has 1 aromatic carbocycles. The van der Waals surface area contributed by atoms with Crippen molar-refractivity contribution in [3.8, 4) is 0 Å². The minimum Gasteiger partial charge on any atom is -0.465 e. The van der Waals surface area contributed by atoms with E-state index in [2.05, 4.69) is 4.74 Å². The fourth-order valence-electron chi connectivity index (χ4n) is 1.34. The van der Waals surface area contributed by atoms with Crippen molar-refractivity contribution in [3.63, 3.8) is 0 Å². The molecule has 0 N–H and O–H groups in total. The fraction of sp³-hybridized carbons (Fsp3) is 0.200. The molecule has 0 saturated carbocycles. The lowest BCUT2D eigenvalue weighted by molar-refractivity contribution is -0.385. The highest BCUT2D eigenvalue weighted by molar-refractivity contribution is 5.94. The number of nitrogens with zero attached hydrogens (tertiary/aromatic N) is 1. The predicted molar refractivity (Wildman–Crippen MR) is 54.2 cm³/mol. The molecule has 0 spiro atoms. The zero-order valence-corrected chi connectivity index (χ0v) is 8.50. The molecule has 0 heterocycles. The number of esters is 1. The van der Waals surface area contributed by atoms with E-state index in [4.69, 9.17) is 0 Å². The van der Waals surface area contributed by atoms with Crippen molar-refractivity contribution >= 4 is 17.9 Å². The number of nitro benzene ring substituents is 1. The third-order valence-electron chi connectivity index (χ3n) is 2.01. The summed E-state index contributed by atoms with van der Waals surface area (Å²) < 4.78 is 4.43. The van der Waals surface area contributed by atoms with Crippen molar-refractivity contribution in [2.75, 3.05) is 7.11 Å². The summed E-state index contributed by atoms with van der Waals surface area (Å²) in [7, 11) is 1.14. The van der Waals surface area contributed by atoms with Gasteiger partial charge >= 0.3 is 5.97 Å². The molecule has 1 aromatic rings. The van der Waals surface area contributed by atoms with Crippen LogP contribution in [0.4, 0.5) is 5.69 Å². The van der Waals surface area contributed by atoms with Crippen LogP contribution in [0, 0.1) is 10.1 Å². The van der Waals surface area contributed by atoms with Crippen molar-refractivity contribution in [1.29, 1.82) is 0 Å². The Bertz CT molecular complexity index is 441. The van der Waals surface area contributed by atoms with Crippen LogP contribution in [0.25, 0.3) is 0 Å². The van der Waals surface area contributed by atoms with E-state index >= 15 is 0 Å². The standard InChI is InChI=1S/C10H9NO5/c1-16-10(13)8-4-2-3-7(5-6-12)9(8)11(14)15/h2-4,6H,5H2,1H3. The molecule has 0 radical (unpaired) electrons. The molecule has 0 aliphatic rings. The van der Waals surface area contributed by atoms with Crippen LogP contribution in [0.5, 0.6) is 0 Å². The highest BCUT2D eigenvalue weighted by atomic mass is 16.6. The Morgan fingerprint density at radius 1 is 1.56 bits per heavy atom. The van der Waals surface area contributed by atoms with Crippen LogP contribution in [-0.4, -0.2) is 24.3 Å². The van der Waals surface area contributed by atoms with Crippen LogP contribution in [-0.2, 0) is 16.0 Å². The summed E-state index contributed by atoms with van der Waals surface area (Å²) in [6, 6.07) is 4.19. The van der Waals surface area contributed by atoms with Crippen molar-refractivity contribution < 1.29 is 19.2 Å². The number of hydrogen-bond donors (Lipinski definition) is 0. The molecule has 0 amide bonds. The van der Waals surface area contributed by atoms with Gasteiger partial charge in [-0.25, -0.2) is 4.79 Å². The number of methoxy groups -OCH3 is 1. The predicted octanol–water partition coefficient (Wildman–Crippen LogP) is 1.12. The summed E-state index contributed by atoms with van der Waals surface area (Å²) >= 11 is 0. The monoisotopic (exact) mass is 223 g/mol. The van der Waals surface area contributed by atoms with E-state index in [9.17, 15) is 19.7 Å². The van der Waals surface area contributed by atoms with Crippen LogP contribution in [0.2, 0.25) is 0 Å². The Morgan fingerprint density at radius 3 is 2.75 bits per heavy atom. The zero-order valence-electron chi connectivity index (χ0n) is 8.50. The molecule has 0 aliphatic carbocycles. The number of aldehydes is 1. The summed E-state index contributed by atoms with van der Waals surface area (Å²) in [6.45, 7) is 0. The Hall–Kier alpha value is -2.24. The summed E-state index contributed by atoms with van der Waals surface area (Å²) in [5.74, 6) is -0.792. The first-order valence-electron chi connectivity index (χ1n) is 4.40. The number of carbonyl (C=O) groups is 2. The number of benzene rings is 1. The van der Waals surface area contributed by atoms with E-state index < -0.39 is 10.9 Å². The molecular weight excluding hydrogens is 214 g/mol. The summed E-state index contributed by atoms with van der Waals surface area (Å²) in [6.07, 6.45) is 0.435. The van der Waals surface area contributed by atoms with Gasteiger partial charge in [-0.05, 0) is 6.07 Å². The van der Waals surface area contributed by atoms with Gasteiger partial charge in [-0.3, -0.25) is 10.1 Å². The summed E-state index contributed by atoms with van der Waals surface area (Å²) in [5.41, 5.74) is -0.323. The SMILES string of the molecule is COC(=O)c1cccc(CC=O)c1[N+](=O)[O-]. The smallest absolute Gasteiger partial charge is 0.344 e. The first-order chi connectivity index (χ1) is 7.61. The third kappa shape index (κ3) is 2.22. The van der Waals surface area contributed by atoms with Crippen LogP contribution in [0.3, 0.4) is 0 Å². The highest BCUT2D eigenvalue weighted by Crippen LogP contribution is 2.24. The Kier molecular flexibility index (Phi) is 3.71. The number of ether oxygens (including phenoxy) is 1. The minimum absolute atomic E-state index is 0.110. The van der Waals surface area contributed by atoms with Gasteiger partial charge in [0.25, 0.3) is 5.69 Å². The normalized spacial score (nSPS) is 9.56. The highest BCUT2D eigenvalue weighted by Gasteiger charge is 2.24. The van der Waals surface area contributed by atoms with Gasteiger partial charge in [0.2, 0.25) is 0 Å². The van der Waals surface area contributed by atoms with E-state index in [1.165, 1.54) is 18.2 Å². The maximum atomic E-state index is 11.3. The van der Waals surface area contributed by atoms with E-state index in [1.54, 1.807) is 0 Å². The molecule has 0 bridgehead atoms. The van der Waals surface area contributed by atoms with Gasteiger partial charge in [0, 0.05) is 12.0 Å². The lowest BCUT2D eigenvalue weighted by Crippen LogP contribution is -2.08. The second-order valence-corrected chi connectivity index (χ2v) is 2.93. The number of para-hydroxylation sites is 1. The maximum absolute atomic E-state index is 11.3. The molecule has 16 heavy (non-hydrogen) atoms. The van der Waals surface area contributed by atoms with Gasteiger partial charge in [-0.1, -0.05) is 12.1 Å². The topological polar surface area (TPSA) is 86.5 Å². The van der Waals surface area contributed by atoms with Gasteiger partial charge < -0.3 is 9.53 Å². The second-order valence-electron chi connectivity index (χ2n) is 2.93. The van der Waals surface area contributed by atoms with Crippen molar-refractivity contribution in [1.82, 2.24) is 0 Å². The minimum atomic E-state index is -0.792. The van der Waals surface area contributed by atoms with Crippen LogP contribution in [0.15, 0.2) is 18.2 Å². The van der Waals surface area contributed by atoms with Gasteiger partial charge in [-0.15, -0.1) is 0 Å². The second kappa shape index (κ2) is 5.01. The lowest BCUT2D eigenvalue weighted by atomic mass is 10.1. The summed E-state index contributed by atoms with van der Waals surface area (Å²) in [4.78, 5) is 31.8. The van der Waals surface area contributed by atoms with Gasteiger partial charge in [-0.2, -0.15) is 0 Å². The first-order valence-corrected chi connectivity index (χ1v) is 4.40. The number of carbonyl (C=O) groups excluding carboxylic acids is 2. The summed E-state index contributed by atoms with van der Waals surface area (Å²) in [5, 5.41) is 10.8. The fourth-order valence-corrected chi connectivity index (χ4v) is 1.34. The molecule has 6 nitrogen and oxygen atoms in total. The van der Waals surface area contributed by atoms with E-state index in [1.807, 2.05) is 0 Å². The van der Waals surface area contributed by atoms with E-state index in [0.717, 1.165) is 7.11 Å². The molecule has 0 saturated heterocycles. The Labute approximate surface area is 91.0 Å². The van der Waals surface area contributed by atoms with Crippen LogP contribution in [0.1, 0.15) is 15.9 Å². The third-order valence-corrected chi connectivity index (χ3v) is 2.01. The van der Waals surface area contributed by atoms with E-state index in [0.29, 0.717) is 6.29 Å². The number of hydrogen-bond acceptors (Lipinski definition) is 5. The molecule has 6 heteroatoms. The molecule has 84 valence electrons. The van der Waals surface area contributed by atoms with Gasteiger partial charge in [0.05, 0.1) is 12.0 Å². The lowest BCUT2D eigenvalue weighted by Gasteiger charge is -2.04. The number of rotatable bonds is 4. The first kappa shape index (κ1) is 11.8. The molecule has 0 unspecified atom stereocenters. The van der Waals surface area contributed by atoms with Crippen LogP contribution < -0.4 is 0 Å². The maximum Gasteiger partial charge on any atom is 0.344 e. The van der Waals surface area contributed by atoms with E-state index in [-0.39, 0.29) is 23.2 Å². The zero-order chi connectivity index (χ0) is 12.1. The van der Waals surface area contributed by atoms with Crippen molar-refractivity contribution in [2.45, 2.75) is 6.42 Å². The molecular formula is C10H9NO5. The average Bonchev–Trinajstić information content (AvgIpc) is 2.27. The molecule has 0 atom stereocenters.